The van der Waals surface area contributed by atoms with E-state index in [1.165, 1.54) is 0 Å². The lowest BCUT2D eigenvalue weighted by Crippen LogP contribution is -2.19. The minimum absolute atomic E-state index is 0.224. The molecule has 0 bridgehead atoms. The zero-order chi connectivity index (χ0) is 56.5. The first-order valence-corrected chi connectivity index (χ1v) is 20.2. The second-order valence-corrected chi connectivity index (χ2v) is 14.9. The molecule has 0 saturated heterocycles. The summed E-state index contributed by atoms with van der Waals surface area (Å²) in [6.07, 6.45) is -33.2. The van der Waals surface area contributed by atoms with Gasteiger partial charge in [-0.1, -0.05) is 36.4 Å². The van der Waals surface area contributed by atoms with Gasteiger partial charge in [0.1, 0.15) is 17.2 Å². The quantitative estimate of drug-likeness (QED) is 0.102. The number of carbonyl (C=O) groups is 3. The highest BCUT2D eigenvalue weighted by Gasteiger charge is 2.37. The summed E-state index contributed by atoms with van der Waals surface area (Å²) < 4.78 is 242. The van der Waals surface area contributed by atoms with Gasteiger partial charge in [-0.2, -0.15) is 79.0 Å². The molecule has 402 valence electrons. The summed E-state index contributed by atoms with van der Waals surface area (Å²) in [4.78, 5) is 33.9. The number of halogens is 18. The molecule has 0 saturated carbocycles. The van der Waals surface area contributed by atoms with Crippen LogP contribution in [0.5, 0.6) is 17.2 Å². The molecule has 6 rings (SSSR count). The zero-order valence-corrected chi connectivity index (χ0v) is 36.7. The fraction of sp³-hybridized carbons (Fsp3) is 0.188. The molecule has 0 aliphatic carbocycles. The van der Waals surface area contributed by atoms with E-state index in [1.54, 1.807) is 0 Å². The van der Waals surface area contributed by atoms with E-state index >= 15 is 0 Å². The third-order valence-corrected chi connectivity index (χ3v) is 9.53. The molecule has 3 unspecified atom stereocenters. The smallest absolute Gasteiger partial charge is 0.416 e. The molecule has 27 heteroatoms. The Hall–Kier alpha value is -8.13. The molecule has 0 radical (unpaired) electrons. The highest BCUT2D eigenvalue weighted by molar-refractivity contribution is 5.76. The van der Waals surface area contributed by atoms with Gasteiger partial charge in [0.25, 0.3) is 0 Å². The molecule has 75 heavy (non-hydrogen) atoms. The molecule has 3 N–H and O–H groups in total. The van der Waals surface area contributed by atoms with Crippen LogP contribution in [0.1, 0.15) is 68.4 Å². The van der Waals surface area contributed by atoms with Gasteiger partial charge in [-0.05, 0) is 109 Å². The van der Waals surface area contributed by atoms with Crippen LogP contribution in [-0.2, 0) is 51.4 Å². The topological polar surface area (TPSA) is 140 Å². The van der Waals surface area contributed by atoms with Crippen molar-refractivity contribution in [1.29, 1.82) is 0 Å². The molecule has 0 spiro atoms. The number of aliphatic carboxylic acids is 3. The van der Waals surface area contributed by atoms with Gasteiger partial charge in [0.05, 0.1) is 33.4 Å². The van der Waals surface area contributed by atoms with Crippen molar-refractivity contribution in [2.24, 2.45) is 0 Å². The zero-order valence-electron chi connectivity index (χ0n) is 36.7. The summed E-state index contributed by atoms with van der Waals surface area (Å²) in [5, 5.41) is 27.5. The lowest BCUT2D eigenvalue weighted by molar-refractivity contribution is -0.146. The third kappa shape index (κ3) is 17.5. The van der Waals surface area contributed by atoms with Crippen molar-refractivity contribution in [2.45, 2.75) is 55.4 Å². The number of ether oxygens (including phenoxy) is 3. The number of hydrogen-bond donors (Lipinski definition) is 3. The van der Waals surface area contributed by atoms with Crippen LogP contribution in [-0.4, -0.2) is 33.2 Å². The van der Waals surface area contributed by atoms with Crippen molar-refractivity contribution in [3.05, 3.63) is 196 Å². The Balaban J connectivity index is 0.000000243. The fourth-order valence-electron chi connectivity index (χ4n) is 5.99. The van der Waals surface area contributed by atoms with Gasteiger partial charge in [-0.25, -0.2) is 14.4 Å². The summed E-state index contributed by atoms with van der Waals surface area (Å²) in [6, 6.07) is 20.0. The van der Waals surface area contributed by atoms with Gasteiger partial charge in [0, 0.05) is 16.7 Å². The average Bonchev–Trinajstić information content (AvgIpc) is 3.31. The first-order chi connectivity index (χ1) is 34.4. The monoisotopic (exact) mass is 1090 g/mol. The van der Waals surface area contributed by atoms with Crippen molar-refractivity contribution in [1.82, 2.24) is 0 Å². The van der Waals surface area contributed by atoms with E-state index in [0.717, 1.165) is 91.0 Å². The van der Waals surface area contributed by atoms with Crippen molar-refractivity contribution >= 4 is 17.9 Å². The normalized spacial score (nSPS) is 13.4. The van der Waals surface area contributed by atoms with Gasteiger partial charge in [-0.15, -0.1) is 0 Å². The molecule has 0 amide bonds. The molecule has 0 fully saturated rings. The van der Waals surface area contributed by atoms with Gasteiger partial charge in [-0.3, -0.25) is 0 Å². The molecule has 0 aromatic heterocycles. The second kappa shape index (κ2) is 23.4. The standard InChI is InChI=1S/3C16H10F6O3/c3*17-15(18,19)10-4-6-12(7-5-10)25-13(14(23)24)9-2-1-3-11(8-9)16(20,21)22/h3*1-8,13H,(H,23,24). The predicted molar refractivity (Wildman–Crippen MR) is 222 cm³/mol. The fourth-order valence-corrected chi connectivity index (χ4v) is 5.99. The Bertz CT molecular complexity index is 2560. The largest absolute Gasteiger partial charge is 0.478 e. The minimum atomic E-state index is -4.67. The summed E-state index contributed by atoms with van der Waals surface area (Å²) >= 11 is 0. The molecule has 9 nitrogen and oxygen atoms in total. The van der Waals surface area contributed by atoms with Crippen LogP contribution in [0.15, 0.2) is 146 Å². The first-order valence-electron chi connectivity index (χ1n) is 20.2. The van der Waals surface area contributed by atoms with Crippen LogP contribution in [0, 0.1) is 0 Å². The van der Waals surface area contributed by atoms with Crippen molar-refractivity contribution in [3.63, 3.8) is 0 Å². The average molecular weight is 1090 g/mol. The Morgan fingerprint density at radius 3 is 0.640 bits per heavy atom. The predicted octanol–water partition coefficient (Wildman–Crippen LogP) is 14.8. The Labute approximate surface area is 408 Å². The second-order valence-electron chi connectivity index (χ2n) is 14.9. The number of benzene rings is 6. The number of carboxylic acids is 3. The van der Waals surface area contributed by atoms with E-state index in [1.807, 2.05) is 0 Å². The molecular weight excluding hydrogens is 1060 g/mol. The van der Waals surface area contributed by atoms with E-state index in [4.69, 9.17) is 14.2 Å². The van der Waals surface area contributed by atoms with Crippen LogP contribution < -0.4 is 14.2 Å². The van der Waals surface area contributed by atoms with Crippen molar-refractivity contribution in [3.8, 4) is 17.2 Å². The van der Waals surface area contributed by atoms with Crippen LogP contribution in [0.25, 0.3) is 0 Å². The lowest BCUT2D eigenvalue weighted by Gasteiger charge is -2.17. The van der Waals surface area contributed by atoms with Gasteiger partial charge in [0.15, 0.2) is 0 Å². The lowest BCUT2D eigenvalue weighted by atomic mass is 10.1. The highest BCUT2D eigenvalue weighted by Crippen LogP contribution is 2.38. The summed E-state index contributed by atoms with van der Waals surface area (Å²) in [5.41, 5.74) is -6.96. The SMILES string of the molecule is O=C(O)C(Oc1ccc(C(F)(F)F)cc1)c1cccc(C(F)(F)F)c1.O=C(O)C(Oc1ccc(C(F)(F)F)cc1)c1cccc(C(F)(F)F)c1.O=C(O)C(Oc1ccc(C(F)(F)F)cc1)c1cccc(C(F)(F)F)c1. The summed E-state index contributed by atoms with van der Waals surface area (Å²) in [5.74, 6) is -5.42. The Morgan fingerprint density at radius 2 is 0.480 bits per heavy atom. The molecule has 0 heterocycles. The van der Waals surface area contributed by atoms with Gasteiger partial charge in [0.2, 0.25) is 18.3 Å². The number of alkyl halides is 18. The van der Waals surface area contributed by atoms with E-state index in [-0.39, 0.29) is 33.9 Å². The molecule has 3 atom stereocenters. The number of rotatable bonds is 12. The van der Waals surface area contributed by atoms with Gasteiger partial charge >= 0.3 is 55.0 Å². The van der Waals surface area contributed by atoms with Gasteiger partial charge < -0.3 is 29.5 Å². The summed E-state index contributed by atoms with van der Waals surface area (Å²) in [6.45, 7) is 0. The van der Waals surface area contributed by atoms with Crippen molar-refractivity contribution in [2.75, 3.05) is 0 Å². The Kier molecular flexibility index (Phi) is 18.5. The first kappa shape index (κ1) is 59.4. The number of carboxylic acid groups (broad SMARTS) is 3. The highest BCUT2D eigenvalue weighted by atomic mass is 19.4. The number of hydrogen-bond acceptors (Lipinski definition) is 6. The maximum atomic E-state index is 12.7. The van der Waals surface area contributed by atoms with Crippen molar-refractivity contribution < 1.29 is 123 Å². The molecule has 6 aromatic carbocycles. The van der Waals surface area contributed by atoms with Crippen LogP contribution in [0.2, 0.25) is 0 Å². The summed E-state index contributed by atoms with van der Waals surface area (Å²) in [7, 11) is 0. The van der Waals surface area contributed by atoms with E-state index in [9.17, 15) is 109 Å². The molecule has 0 aliphatic heterocycles. The maximum Gasteiger partial charge on any atom is 0.416 e. The van der Waals surface area contributed by atoms with Crippen LogP contribution in [0.4, 0.5) is 79.0 Å². The van der Waals surface area contributed by atoms with E-state index in [0.29, 0.717) is 54.6 Å². The van der Waals surface area contributed by atoms with Crippen LogP contribution >= 0.6 is 0 Å². The van der Waals surface area contributed by atoms with E-state index in [2.05, 4.69) is 0 Å². The Morgan fingerprint density at radius 1 is 0.293 bits per heavy atom. The minimum Gasteiger partial charge on any atom is -0.478 e. The van der Waals surface area contributed by atoms with E-state index < -0.39 is 107 Å². The maximum absolute atomic E-state index is 12.7. The molecule has 6 aromatic rings. The molecular formula is C48H30F18O9. The van der Waals surface area contributed by atoms with Crippen LogP contribution in [0.3, 0.4) is 0 Å². The third-order valence-electron chi connectivity index (χ3n) is 9.53. The molecule has 0 aliphatic rings.